The minimum absolute atomic E-state index is 0. The summed E-state index contributed by atoms with van der Waals surface area (Å²) in [6.07, 6.45) is 0.950. The van der Waals surface area contributed by atoms with Gasteiger partial charge >= 0.3 is 0 Å². The van der Waals surface area contributed by atoms with E-state index < -0.39 is 0 Å². The molecule has 5 heteroatoms. The van der Waals surface area contributed by atoms with E-state index in [-0.39, 0.29) is 30.2 Å². The first kappa shape index (κ1) is 13.9. The molecular formula is C12H16ClFN2O. The summed E-state index contributed by atoms with van der Waals surface area (Å²) in [6.45, 7) is 3.49. The van der Waals surface area contributed by atoms with Gasteiger partial charge in [0.05, 0.1) is 0 Å². The number of rotatable bonds is 2. The van der Waals surface area contributed by atoms with Crippen molar-refractivity contribution in [1.82, 2.24) is 10.6 Å². The molecule has 0 spiro atoms. The van der Waals surface area contributed by atoms with Gasteiger partial charge in [-0.05, 0) is 43.7 Å². The van der Waals surface area contributed by atoms with Crippen LogP contribution in [0.4, 0.5) is 4.39 Å². The minimum Gasteiger partial charge on any atom is -0.348 e. The molecule has 2 N–H and O–H groups in total. The average Bonchev–Trinajstić information content (AvgIpc) is 2.70. The summed E-state index contributed by atoms with van der Waals surface area (Å²) in [5.74, 6) is -0.428. The Hall–Kier alpha value is -1.13. The molecule has 3 nitrogen and oxygen atoms in total. The van der Waals surface area contributed by atoms with Crippen molar-refractivity contribution in [2.45, 2.75) is 19.4 Å². The second kappa shape index (κ2) is 5.98. The summed E-state index contributed by atoms with van der Waals surface area (Å²) >= 11 is 0. The molecular weight excluding hydrogens is 243 g/mol. The molecule has 1 amide bonds. The van der Waals surface area contributed by atoms with Crippen molar-refractivity contribution in [1.29, 1.82) is 0 Å². The molecule has 1 saturated heterocycles. The lowest BCUT2D eigenvalue weighted by molar-refractivity contribution is 0.0939. The Bertz CT molecular complexity index is 405. The monoisotopic (exact) mass is 258 g/mol. The smallest absolute Gasteiger partial charge is 0.251 e. The molecule has 1 atom stereocenters. The topological polar surface area (TPSA) is 41.1 Å². The van der Waals surface area contributed by atoms with Gasteiger partial charge in [-0.3, -0.25) is 4.79 Å². The molecule has 94 valence electrons. The molecule has 1 aliphatic heterocycles. The van der Waals surface area contributed by atoms with Gasteiger partial charge in [0.2, 0.25) is 0 Å². The third kappa shape index (κ3) is 3.41. The van der Waals surface area contributed by atoms with Crippen molar-refractivity contribution in [2.24, 2.45) is 0 Å². The van der Waals surface area contributed by atoms with E-state index in [0.717, 1.165) is 19.5 Å². The Morgan fingerprint density at radius 1 is 1.53 bits per heavy atom. The van der Waals surface area contributed by atoms with E-state index in [9.17, 15) is 9.18 Å². The molecule has 1 unspecified atom stereocenters. The highest BCUT2D eigenvalue weighted by molar-refractivity contribution is 5.95. The summed E-state index contributed by atoms with van der Waals surface area (Å²) in [4.78, 5) is 11.9. The van der Waals surface area contributed by atoms with Crippen LogP contribution in [0, 0.1) is 12.7 Å². The van der Waals surface area contributed by atoms with Crippen molar-refractivity contribution < 1.29 is 9.18 Å². The lowest BCUT2D eigenvalue weighted by atomic mass is 10.1. The van der Waals surface area contributed by atoms with E-state index in [2.05, 4.69) is 10.6 Å². The third-order valence-electron chi connectivity index (χ3n) is 2.83. The molecule has 0 radical (unpaired) electrons. The highest BCUT2D eigenvalue weighted by Crippen LogP contribution is 2.10. The van der Waals surface area contributed by atoms with Gasteiger partial charge in [-0.2, -0.15) is 0 Å². The summed E-state index contributed by atoms with van der Waals surface area (Å²) in [6, 6.07) is 4.41. The second-order valence-electron chi connectivity index (χ2n) is 4.12. The largest absolute Gasteiger partial charge is 0.348 e. The standard InChI is InChI=1S/C12H15FN2O.ClH/c1-8-6-9(13)2-3-11(8)12(16)15-10-4-5-14-7-10;/h2-3,6,10,14H,4-5,7H2,1H3,(H,15,16);1H. The van der Waals surface area contributed by atoms with Crippen LogP contribution in [0.5, 0.6) is 0 Å². The molecule has 1 fully saturated rings. The van der Waals surface area contributed by atoms with Crippen LogP contribution in [0.25, 0.3) is 0 Å². The fraction of sp³-hybridized carbons (Fsp3) is 0.417. The molecule has 0 bridgehead atoms. The Labute approximate surface area is 106 Å². The predicted molar refractivity (Wildman–Crippen MR) is 67.1 cm³/mol. The lowest BCUT2D eigenvalue weighted by Crippen LogP contribution is -2.36. The van der Waals surface area contributed by atoms with E-state index in [1.165, 1.54) is 18.2 Å². The highest BCUT2D eigenvalue weighted by Gasteiger charge is 2.18. The number of carbonyl (C=O) groups is 1. The fourth-order valence-electron chi connectivity index (χ4n) is 1.92. The zero-order valence-electron chi connectivity index (χ0n) is 9.63. The van der Waals surface area contributed by atoms with Gasteiger partial charge in [-0.25, -0.2) is 4.39 Å². The van der Waals surface area contributed by atoms with Crippen molar-refractivity contribution >= 4 is 18.3 Å². The van der Waals surface area contributed by atoms with E-state index in [4.69, 9.17) is 0 Å². The first-order valence-electron chi connectivity index (χ1n) is 5.44. The quantitative estimate of drug-likeness (QED) is 0.847. The number of nitrogens with one attached hydrogen (secondary N) is 2. The average molecular weight is 259 g/mol. The van der Waals surface area contributed by atoms with Crippen LogP contribution < -0.4 is 10.6 Å². The first-order chi connectivity index (χ1) is 7.66. The van der Waals surface area contributed by atoms with Gasteiger partial charge in [0.1, 0.15) is 5.82 Å². The van der Waals surface area contributed by atoms with Crippen LogP contribution in [0.1, 0.15) is 22.3 Å². The molecule has 0 saturated carbocycles. The zero-order valence-corrected chi connectivity index (χ0v) is 10.4. The normalized spacial score (nSPS) is 18.6. The van der Waals surface area contributed by atoms with Gasteiger partial charge in [0.25, 0.3) is 5.91 Å². The van der Waals surface area contributed by atoms with Gasteiger partial charge in [0.15, 0.2) is 0 Å². The maximum atomic E-state index is 12.9. The van der Waals surface area contributed by atoms with Crippen LogP contribution in [0.3, 0.4) is 0 Å². The van der Waals surface area contributed by atoms with Crippen molar-refractivity contribution in [2.75, 3.05) is 13.1 Å². The maximum Gasteiger partial charge on any atom is 0.251 e. The molecule has 1 aromatic carbocycles. The molecule has 17 heavy (non-hydrogen) atoms. The number of aryl methyl sites for hydroxylation is 1. The first-order valence-corrected chi connectivity index (χ1v) is 5.44. The van der Waals surface area contributed by atoms with Gasteiger partial charge < -0.3 is 10.6 Å². The summed E-state index contributed by atoms with van der Waals surface area (Å²) in [5.41, 5.74) is 1.22. The van der Waals surface area contributed by atoms with Crippen molar-refractivity contribution in [3.63, 3.8) is 0 Å². The highest BCUT2D eigenvalue weighted by atomic mass is 35.5. The zero-order chi connectivity index (χ0) is 11.5. The van der Waals surface area contributed by atoms with E-state index in [1.807, 2.05) is 0 Å². The number of halogens is 2. The molecule has 1 heterocycles. The molecule has 1 aromatic rings. The summed E-state index contributed by atoms with van der Waals surface area (Å²) in [5, 5.41) is 6.11. The summed E-state index contributed by atoms with van der Waals surface area (Å²) < 4.78 is 12.9. The maximum absolute atomic E-state index is 12.9. The molecule has 0 aromatic heterocycles. The van der Waals surface area contributed by atoms with Crippen LogP contribution in [0.2, 0.25) is 0 Å². The van der Waals surface area contributed by atoms with Crippen molar-refractivity contribution in [3.8, 4) is 0 Å². The van der Waals surface area contributed by atoms with Gasteiger partial charge in [-0.1, -0.05) is 0 Å². The van der Waals surface area contributed by atoms with Crippen LogP contribution in [-0.4, -0.2) is 25.0 Å². The molecule has 1 aliphatic rings. The van der Waals surface area contributed by atoms with Crippen molar-refractivity contribution in [3.05, 3.63) is 35.1 Å². The third-order valence-corrected chi connectivity index (χ3v) is 2.83. The Morgan fingerprint density at radius 2 is 2.29 bits per heavy atom. The Morgan fingerprint density at radius 3 is 2.88 bits per heavy atom. The van der Waals surface area contributed by atoms with Crippen LogP contribution in [0.15, 0.2) is 18.2 Å². The number of hydrogen-bond acceptors (Lipinski definition) is 2. The predicted octanol–water partition coefficient (Wildman–Crippen LogP) is 1.65. The SMILES string of the molecule is Cc1cc(F)ccc1C(=O)NC1CCNC1.Cl. The number of benzene rings is 1. The second-order valence-corrected chi connectivity index (χ2v) is 4.12. The van der Waals surface area contributed by atoms with Crippen LogP contribution >= 0.6 is 12.4 Å². The van der Waals surface area contributed by atoms with Crippen LogP contribution in [-0.2, 0) is 0 Å². The molecule has 0 aliphatic carbocycles. The molecule has 2 rings (SSSR count). The van der Waals surface area contributed by atoms with E-state index >= 15 is 0 Å². The van der Waals surface area contributed by atoms with Gasteiger partial charge in [-0.15, -0.1) is 12.4 Å². The Balaban J connectivity index is 0.00000144. The number of amides is 1. The number of hydrogen-bond donors (Lipinski definition) is 2. The Kier molecular flexibility index (Phi) is 4.90. The summed E-state index contributed by atoms with van der Waals surface area (Å²) in [7, 11) is 0. The van der Waals surface area contributed by atoms with Gasteiger partial charge in [0, 0.05) is 18.2 Å². The number of carbonyl (C=O) groups excluding carboxylic acids is 1. The minimum atomic E-state index is -0.309. The van der Waals surface area contributed by atoms with E-state index in [1.54, 1.807) is 6.92 Å². The van der Waals surface area contributed by atoms with E-state index in [0.29, 0.717) is 11.1 Å². The lowest BCUT2D eigenvalue weighted by Gasteiger charge is -2.12. The fourth-order valence-corrected chi connectivity index (χ4v) is 1.92.